The lowest BCUT2D eigenvalue weighted by atomic mass is 10.3. The Bertz CT molecular complexity index is 664. The van der Waals surface area contributed by atoms with E-state index in [2.05, 4.69) is 41.2 Å². The molecule has 4 N–H and O–H groups in total. The van der Waals surface area contributed by atoms with Crippen molar-refractivity contribution in [2.45, 2.75) is 6.54 Å². The topological polar surface area (TPSA) is 119 Å². The smallest absolute Gasteiger partial charge is 0.258 e. The van der Waals surface area contributed by atoms with Crippen LogP contribution in [-0.2, 0) is 6.54 Å². The van der Waals surface area contributed by atoms with Gasteiger partial charge in [0, 0.05) is 6.54 Å². The molecule has 0 aliphatic heterocycles. The minimum Gasteiger partial charge on any atom is -0.350 e. The Morgan fingerprint density at radius 2 is 2.15 bits per heavy atom. The molecule has 0 aromatic carbocycles. The van der Waals surface area contributed by atoms with E-state index >= 15 is 0 Å². The van der Waals surface area contributed by atoms with Gasteiger partial charge in [0.2, 0.25) is 11.9 Å². The van der Waals surface area contributed by atoms with Crippen molar-refractivity contribution in [2.24, 2.45) is 5.84 Å². The fourth-order valence-electron chi connectivity index (χ4n) is 1.50. The minimum absolute atomic E-state index is 0.248. The van der Waals surface area contributed by atoms with E-state index in [1.165, 1.54) is 17.3 Å². The van der Waals surface area contributed by atoms with Gasteiger partial charge >= 0.3 is 0 Å². The van der Waals surface area contributed by atoms with Crippen molar-refractivity contribution in [1.29, 1.82) is 0 Å². The van der Waals surface area contributed by atoms with Gasteiger partial charge in [-0.3, -0.25) is 5.43 Å². The summed E-state index contributed by atoms with van der Waals surface area (Å²) in [5, 5.41) is 11.1. The van der Waals surface area contributed by atoms with Crippen LogP contribution < -0.4 is 16.6 Å². The highest BCUT2D eigenvalue weighted by molar-refractivity contribution is 7.07. The second-order valence-electron chi connectivity index (χ2n) is 3.75. The number of nitrogens with two attached hydrogens (primary N) is 1. The van der Waals surface area contributed by atoms with Gasteiger partial charge < -0.3 is 5.32 Å². The SMILES string of the molecule is NNc1nc(NCc2ccsc2)nc(-n2cncn2)n1. The highest BCUT2D eigenvalue weighted by Gasteiger charge is 2.08. The van der Waals surface area contributed by atoms with Crippen LogP contribution in [0.3, 0.4) is 0 Å². The van der Waals surface area contributed by atoms with Gasteiger partial charge in [-0.1, -0.05) is 0 Å². The molecular formula is C10H11N9S. The largest absolute Gasteiger partial charge is 0.350 e. The van der Waals surface area contributed by atoms with Gasteiger partial charge in [0.25, 0.3) is 5.95 Å². The summed E-state index contributed by atoms with van der Waals surface area (Å²) in [5.41, 5.74) is 3.55. The average Bonchev–Trinajstić information content (AvgIpc) is 3.17. The molecule has 0 bridgehead atoms. The molecule has 20 heavy (non-hydrogen) atoms. The van der Waals surface area contributed by atoms with Crippen molar-refractivity contribution >= 4 is 23.2 Å². The number of hydrazine groups is 1. The van der Waals surface area contributed by atoms with Crippen molar-refractivity contribution in [3.63, 3.8) is 0 Å². The summed E-state index contributed by atoms with van der Waals surface area (Å²) >= 11 is 1.64. The second kappa shape index (κ2) is 5.59. The van der Waals surface area contributed by atoms with E-state index in [4.69, 9.17) is 5.84 Å². The number of anilines is 2. The lowest BCUT2D eigenvalue weighted by molar-refractivity contribution is 0.794. The standard InChI is InChI=1S/C10H11N9S/c11-18-9-15-8(13-3-7-1-2-20-4-7)16-10(17-9)19-6-12-5-14-19/h1-2,4-6H,3,11H2,(H2,13,15,16,17,18). The number of nitrogens with one attached hydrogen (secondary N) is 2. The van der Waals surface area contributed by atoms with Gasteiger partial charge in [0.05, 0.1) is 0 Å². The molecule has 3 aromatic rings. The molecule has 0 aliphatic carbocycles. The first-order valence-corrected chi connectivity index (χ1v) is 6.62. The highest BCUT2D eigenvalue weighted by atomic mass is 32.1. The first-order valence-electron chi connectivity index (χ1n) is 5.68. The number of rotatable bonds is 5. The quantitative estimate of drug-likeness (QED) is 0.456. The van der Waals surface area contributed by atoms with Crippen LogP contribution in [0.25, 0.3) is 5.95 Å². The molecule has 0 aliphatic rings. The summed E-state index contributed by atoms with van der Waals surface area (Å²) in [6, 6.07) is 2.03. The molecule has 0 atom stereocenters. The molecular weight excluding hydrogens is 278 g/mol. The van der Waals surface area contributed by atoms with Crippen LogP contribution in [0.2, 0.25) is 0 Å². The number of hydrogen-bond acceptors (Lipinski definition) is 9. The lowest BCUT2D eigenvalue weighted by Gasteiger charge is -2.07. The predicted octanol–water partition coefficient (Wildman–Crippen LogP) is 0.411. The maximum absolute atomic E-state index is 5.36. The maximum Gasteiger partial charge on any atom is 0.258 e. The van der Waals surface area contributed by atoms with Crippen molar-refractivity contribution < 1.29 is 0 Å². The van der Waals surface area contributed by atoms with Crippen molar-refractivity contribution in [2.75, 3.05) is 10.7 Å². The third kappa shape index (κ3) is 2.70. The average molecular weight is 289 g/mol. The molecule has 0 saturated carbocycles. The molecule has 0 spiro atoms. The van der Waals surface area contributed by atoms with Gasteiger partial charge in [-0.15, -0.1) is 0 Å². The van der Waals surface area contributed by atoms with Gasteiger partial charge in [-0.25, -0.2) is 10.8 Å². The Kier molecular flexibility index (Phi) is 3.48. The molecule has 0 saturated heterocycles. The predicted molar refractivity (Wildman–Crippen MR) is 74.2 cm³/mol. The molecule has 0 fully saturated rings. The van der Waals surface area contributed by atoms with Gasteiger partial charge in [-0.05, 0) is 22.4 Å². The molecule has 9 nitrogen and oxygen atoms in total. The molecule has 0 unspecified atom stereocenters. The van der Waals surface area contributed by atoms with E-state index in [9.17, 15) is 0 Å². The van der Waals surface area contributed by atoms with E-state index < -0.39 is 0 Å². The normalized spacial score (nSPS) is 10.4. The number of nitrogens with zero attached hydrogens (tertiary/aromatic N) is 6. The molecule has 3 aromatic heterocycles. The third-order valence-corrected chi connectivity index (χ3v) is 3.14. The summed E-state index contributed by atoms with van der Waals surface area (Å²) < 4.78 is 1.43. The van der Waals surface area contributed by atoms with Crippen molar-refractivity contribution in [1.82, 2.24) is 29.7 Å². The minimum atomic E-state index is 0.248. The Hall–Kier alpha value is -2.59. The van der Waals surface area contributed by atoms with Crippen molar-refractivity contribution in [3.05, 3.63) is 35.0 Å². The molecule has 102 valence electrons. The van der Waals surface area contributed by atoms with Gasteiger partial charge in [0.15, 0.2) is 0 Å². The Morgan fingerprint density at radius 1 is 1.25 bits per heavy atom. The van der Waals surface area contributed by atoms with Crippen LogP contribution in [-0.4, -0.2) is 29.7 Å². The van der Waals surface area contributed by atoms with Crippen LogP contribution in [0.5, 0.6) is 0 Å². The number of thiophene rings is 1. The number of aromatic nitrogens is 6. The monoisotopic (exact) mass is 289 g/mol. The molecule has 3 heterocycles. The van der Waals surface area contributed by atoms with E-state index in [-0.39, 0.29) is 5.95 Å². The third-order valence-electron chi connectivity index (χ3n) is 2.41. The van der Waals surface area contributed by atoms with E-state index in [1.807, 2.05) is 11.4 Å². The van der Waals surface area contributed by atoms with Crippen LogP contribution in [0.1, 0.15) is 5.56 Å². The fraction of sp³-hybridized carbons (Fsp3) is 0.100. The fourth-order valence-corrected chi connectivity index (χ4v) is 2.17. The number of nitrogen functional groups attached to an aromatic ring is 1. The number of hydrogen-bond donors (Lipinski definition) is 3. The Morgan fingerprint density at radius 3 is 2.85 bits per heavy atom. The van der Waals surface area contributed by atoms with E-state index in [0.29, 0.717) is 18.4 Å². The summed E-state index contributed by atoms with van der Waals surface area (Å²) in [6.45, 7) is 0.619. The zero-order valence-electron chi connectivity index (χ0n) is 10.3. The second-order valence-corrected chi connectivity index (χ2v) is 4.53. The molecule has 0 amide bonds. The van der Waals surface area contributed by atoms with Gasteiger partial charge in [0.1, 0.15) is 12.7 Å². The van der Waals surface area contributed by atoms with E-state index in [0.717, 1.165) is 5.56 Å². The first-order chi connectivity index (χ1) is 9.85. The van der Waals surface area contributed by atoms with Crippen LogP contribution in [0.15, 0.2) is 29.5 Å². The summed E-state index contributed by atoms with van der Waals surface area (Å²) in [7, 11) is 0. The molecule has 3 rings (SSSR count). The Balaban J connectivity index is 1.84. The van der Waals surface area contributed by atoms with Crippen LogP contribution in [0, 0.1) is 0 Å². The molecule has 0 radical (unpaired) electrons. The Labute approximate surface area is 117 Å². The zero-order valence-corrected chi connectivity index (χ0v) is 11.1. The summed E-state index contributed by atoms with van der Waals surface area (Å²) in [6.07, 6.45) is 2.90. The lowest BCUT2D eigenvalue weighted by Crippen LogP contribution is -2.16. The first kappa shape index (κ1) is 12.4. The molecule has 10 heteroatoms. The van der Waals surface area contributed by atoms with Crippen LogP contribution >= 0.6 is 11.3 Å². The van der Waals surface area contributed by atoms with Crippen LogP contribution in [0.4, 0.5) is 11.9 Å². The van der Waals surface area contributed by atoms with Gasteiger partial charge in [-0.2, -0.15) is 36.1 Å². The van der Waals surface area contributed by atoms with E-state index in [1.54, 1.807) is 11.3 Å². The summed E-state index contributed by atoms with van der Waals surface area (Å²) in [5.74, 6) is 6.34. The highest BCUT2D eigenvalue weighted by Crippen LogP contribution is 2.11. The van der Waals surface area contributed by atoms with Crippen molar-refractivity contribution in [3.8, 4) is 5.95 Å². The zero-order chi connectivity index (χ0) is 13.8. The maximum atomic E-state index is 5.36. The summed E-state index contributed by atoms with van der Waals surface area (Å²) in [4.78, 5) is 16.3.